The summed E-state index contributed by atoms with van der Waals surface area (Å²) in [7, 11) is -3.51. The summed E-state index contributed by atoms with van der Waals surface area (Å²) in [6, 6.07) is 14.6. The fourth-order valence-electron chi connectivity index (χ4n) is 4.18. The third-order valence-electron chi connectivity index (χ3n) is 6.26. The van der Waals surface area contributed by atoms with E-state index in [0.29, 0.717) is 31.6 Å². The van der Waals surface area contributed by atoms with E-state index < -0.39 is 16.1 Å². The highest BCUT2D eigenvalue weighted by Crippen LogP contribution is 2.21. The minimum atomic E-state index is -3.51. The standard InChI is InChI=1S/C28H41N3O4S/c1-6-8-18-29-28(33)26(7-2)30(21-24-15-10-9-14-23(24)4)27(32)17-12-19-31(36(5,34)35)25-16-11-13-22(3)20-25/h9-11,13-16,20,26H,6-8,12,17-19,21H2,1-5H3,(H,29,33). The quantitative estimate of drug-likeness (QED) is 0.373. The molecule has 2 amide bonds. The lowest BCUT2D eigenvalue weighted by Gasteiger charge is -2.31. The van der Waals surface area contributed by atoms with E-state index in [1.165, 1.54) is 10.6 Å². The number of aryl methyl sites for hydroxylation is 2. The molecule has 7 nitrogen and oxygen atoms in total. The minimum absolute atomic E-state index is 0.141. The first-order valence-corrected chi connectivity index (χ1v) is 14.6. The topological polar surface area (TPSA) is 86.8 Å². The maximum atomic E-state index is 13.5. The number of anilines is 1. The molecular formula is C28H41N3O4S. The average Bonchev–Trinajstić information content (AvgIpc) is 2.82. The molecule has 0 bridgehead atoms. The van der Waals surface area contributed by atoms with Crippen molar-refractivity contribution in [3.05, 3.63) is 65.2 Å². The third-order valence-corrected chi connectivity index (χ3v) is 7.45. The van der Waals surface area contributed by atoms with Crippen molar-refractivity contribution in [2.75, 3.05) is 23.7 Å². The molecule has 2 rings (SSSR count). The molecule has 1 atom stereocenters. The van der Waals surface area contributed by atoms with Gasteiger partial charge in [0.2, 0.25) is 21.8 Å². The maximum Gasteiger partial charge on any atom is 0.242 e. The summed E-state index contributed by atoms with van der Waals surface area (Å²) in [4.78, 5) is 28.2. The van der Waals surface area contributed by atoms with Gasteiger partial charge in [0.1, 0.15) is 6.04 Å². The molecule has 0 aliphatic heterocycles. The molecule has 198 valence electrons. The van der Waals surface area contributed by atoms with Gasteiger partial charge in [-0.3, -0.25) is 13.9 Å². The number of hydrogen-bond acceptors (Lipinski definition) is 4. The number of carbonyl (C=O) groups is 2. The molecule has 1 N–H and O–H groups in total. The maximum absolute atomic E-state index is 13.5. The van der Waals surface area contributed by atoms with Gasteiger partial charge in [0, 0.05) is 26.1 Å². The van der Waals surface area contributed by atoms with Gasteiger partial charge in [-0.25, -0.2) is 8.42 Å². The zero-order valence-electron chi connectivity index (χ0n) is 22.3. The summed E-state index contributed by atoms with van der Waals surface area (Å²) in [5, 5.41) is 2.97. The van der Waals surface area contributed by atoms with Crippen molar-refractivity contribution in [2.45, 2.75) is 72.4 Å². The third kappa shape index (κ3) is 8.66. The van der Waals surface area contributed by atoms with Crippen molar-refractivity contribution in [1.29, 1.82) is 0 Å². The number of sulfonamides is 1. The molecule has 36 heavy (non-hydrogen) atoms. The molecule has 0 saturated heterocycles. The van der Waals surface area contributed by atoms with Gasteiger partial charge in [-0.1, -0.05) is 56.7 Å². The van der Waals surface area contributed by atoms with E-state index in [1.54, 1.807) is 11.0 Å². The second-order valence-electron chi connectivity index (χ2n) is 9.29. The Morgan fingerprint density at radius 1 is 1.00 bits per heavy atom. The van der Waals surface area contributed by atoms with Gasteiger partial charge < -0.3 is 10.2 Å². The van der Waals surface area contributed by atoms with Crippen molar-refractivity contribution in [2.24, 2.45) is 0 Å². The van der Waals surface area contributed by atoms with E-state index in [-0.39, 0.29) is 24.8 Å². The van der Waals surface area contributed by atoms with Crippen LogP contribution in [0.15, 0.2) is 48.5 Å². The summed E-state index contributed by atoms with van der Waals surface area (Å²) in [6.07, 6.45) is 4.01. The Labute approximate surface area is 216 Å². The van der Waals surface area contributed by atoms with Crippen LogP contribution in [0.1, 0.15) is 62.6 Å². The van der Waals surface area contributed by atoms with Gasteiger partial charge in [-0.15, -0.1) is 0 Å². The highest BCUT2D eigenvalue weighted by Gasteiger charge is 2.29. The van der Waals surface area contributed by atoms with Crippen LogP contribution in [0.25, 0.3) is 0 Å². The molecule has 0 heterocycles. The van der Waals surface area contributed by atoms with E-state index in [0.717, 1.165) is 29.5 Å². The highest BCUT2D eigenvalue weighted by molar-refractivity contribution is 7.92. The van der Waals surface area contributed by atoms with Crippen molar-refractivity contribution >= 4 is 27.5 Å². The van der Waals surface area contributed by atoms with E-state index >= 15 is 0 Å². The lowest BCUT2D eigenvalue weighted by Crippen LogP contribution is -2.49. The monoisotopic (exact) mass is 515 g/mol. The van der Waals surface area contributed by atoms with Crippen molar-refractivity contribution in [3.8, 4) is 0 Å². The van der Waals surface area contributed by atoms with Crippen LogP contribution in [-0.2, 0) is 26.2 Å². The van der Waals surface area contributed by atoms with Gasteiger partial charge in [0.05, 0.1) is 11.9 Å². The van der Waals surface area contributed by atoms with Crippen molar-refractivity contribution < 1.29 is 18.0 Å². The summed E-state index contributed by atoms with van der Waals surface area (Å²) < 4.78 is 26.3. The summed E-state index contributed by atoms with van der Waals surface area (Å²) in [6.45, 7) is 8.97. The molecule has 0 saturated carbocycles. The molecule has 0 spiro atoms. The highest BCUT2D eigenvalue weighted by atomic mass is 32.2. The Hall–Kier alpha value is -2.87. The van der Waals surface area contributed by atoms with Crippen LogP contribution in [0.4, 0.5) is 5.69 Å². The molecule has 0 aliphatic carbocycles. The largest absolute Gasteiger partial charge is 0.354 e. The number of carbonyl (C=O) groups excluding carboxylic acids is 2. The minimum Gasteiger partial charge on any atom is -0.354 e. The predicted molar refractivity (Wildman–Crippen MR) is 146 cm³/mol. The Morgan fingerprint density at radius 2 is 1.72 bits per heavy atom. The average molecular weight is 516 g/mol. The van der Waals surface area contributed by atoms with Gasteiger partial charge in [0.15, 0.2) is 0 Å². The Bertz CT molecular complexity index is 1120. The molecule has 2 aromatic carbocycles. The van der Waals surface area contributed by atoms with Crippen LogP contribution in [0.3, 0.4) is 0 Å². The van der Waals surface area contributed by atoms with E-state index in [9.17, 15) is 18.0 Å². The molecule has 0 radical (unpaired) electrons. The van der Waals surface area contributed by atoms with Gasteiger partial charge in [-0.2, -0.15) is 0 Å². The molecule has 2 aromatic rings. The zero-order chi connectivity index (χ0) is 26.7. The fraction of sp³-hybridized carbons (Fsp3) is 0.500. The van der Waals surface area contributed by atoms with Crippen molar-refractivity contribution in [3.63, 3.8) is 0 Å². The zero-order valence-corrected chi connectivity index (χ0v) is 23.1. The van der Waals surface area contributed by atoms with Crippen LogP contribution in [0.2, 0.25) is 0 Å². The van der Waals surface area contributed by atoms with Crippen LogP contribution in [-0.4, -0.2) is 50.5 Å². The van der Waals surface area contributed by atoms with Gasteiger partial charge in [-0.05, 0) is 61.9 Å². The molecule has 0 aliphatic rings. The molecule has 1 unspecified atom stereocenters. The smallest absolute Gasteiger partial charge is 0.242 e. The number of nitrogens with one attached hydrogen (secondary N) is 1. The number of amides is 2. The summed E-state index contributed by atoms with van der Waals surface area (Å²) in [5.74, 6) is -0.307. The molecule has 0 aromatic heterocycles. The summed E-state index contributed by atoms with van der Waals surface area (Å²) >= 11 is 0. The number of rotatable bonds is 14. The Morgan fingerprint density at radius 3 is 2.33 bits per heavy atom. The van der Waals surface area contributed by atoms with Crippen LogP contribution in [0, 0.1) is 13.8 Å². The lowest BCUT2D eigenvalue weighted by atomic mass is 10.1. The first kappa shape index (κ1) is 29.4. The van der Waals surface area contributed by atoms with E-state index in [1.807, 2.05) is 63.2 Å². The lowest BCUT2D eigenvalue weighted by molar-refractivity contribution is -0.141. The predicted octanol–water partition coefficient (Wildman–Crippen LogP) is 4.57. The van der Waals surface area contributed by atoms with Crippen LogP contribution < -0.4 is 9.62 Å². The van der Waals surface area contributed by atoms with E-state index in [4.69, 9.17) is 0 Å². The van der Waals surface area contributed by atoms with Gasteiger partial charge >= 0.3 is 0 Å². The second-order valence-corrected chi connectivity index (χ2v) is 11.2. The van der Waals surface area contributed by atoms with Gasteiger partial charge in [0.25, 0.3) is 0 Å². The normalized spacial score (nSPS) is 12.1. The summed E-state index contributed by atoms with van der Waals surface area (Å²) in [5.41, 5.74) is 3.59. The number of unbranched alkanes of at least 4 members (excludes halogenated alkanes) is 1. The number of benzene rings is 2. The second kappa shape index (κ2) is 14.0. The first-order valence-electron chi connectivity index (χ1n) is 12.7. The molecular weight excluding hydrogens is 474 g/mol. The Balaban J connectivity index is 2.21. The molecule has 8 heteroatoms. The number of nitrogens with zero attached hydrogens (tertiary/aromatic N) is 2. The number of hydrogen-bond donors (Lipinski definition) is 1. The van der Waals surface area contributed by atoms with E-state index in [2.05, 4.69) is 12.2 Å². The van der Waals surface area contributed by atoms with Crippen molar-refractivity contribution in [1.82, 2.24) is 10.2 Å². The molecule has 0 fully saturated rings. The van der Waals surface area contributed by atoms with Crippen LogP contribution in [0.5, 0.6) is 0 Å². The Kier molecular flexibility index (Phi) is 11.4. The fourth-order valence-corrected chi connectivity index (χ4v) is 5.14. The van der Waals surface area contributed by atoms with Crippen LogP contribution >= 0.6 is 0 Å². The SMILES string of the molecule is CCCCNC(=O)C(CC)N(Cc1ccccc1C)C(=O)CCCN(c1cccc(C)c1)S(C)(=O)=O. The first-order chi connectivity index (χ1) is 17.1.